The van der Waals surface area contributed by atoms with E-state index in [1.54, 1.807) is 0 Å². The summed E-state index contributed by atoms with van der Waals surface area (Å²) >= 11 is 0. The minimum absolute atomic E-state index is 0.234. The Labute approximate surface area is 59.7 Å². The number of hydrogen-bond acceptors (Lipinski definition) is 0. The Morgan fingerprint density at radius 1 is 0.667 bits per heavy atom. The van der Waals surface area contributed by atoms with E-state index in [2.05, 4.69) is 48.0 Å². The predicted octanol–water partition coefficient (Wildman–Crippen LogP) is 3.16. The summed E-state index contributed by atoms with van der Waals surface area (Å²) < 4.78 is 0. The second-order valence-corrected chi connectivity index (χ2v) is 4.62. The van der Waals surface area contributed by atoms with Crippen LogP contribution in [0.25, 0.3) is 0 Å². The highest BCUT2D eigenvalue weighted by molar-refractivity contribution is 4.90. The van der Waals surface area contributed by atoms with Gasteiger partial charge in [0.15, 0.2) is 0 Å². The van der Waals surface area contributed by atoms with Gasteiger partial charge in [0, 0.05) is 0 Å². The van der Waals surface area contributed by atoms with Crippen LogP contribution in [-0.2, 0) is 0 Å². The van der Waals surface area contributed by atoms with Gasteiger partial charge in [0.05, 0.1) is 0 Å². The Hall–Kier alpha value is 0. The average molecular weight is 126 g/mol. The maximum absolute atomic E-state index is 3.46. The molecule has 0 fully saturated rings. The molecule has 0 unspecified atom stereocenters. The topological polar surface area (TPSA) is 0 Å². The van der Waals surface area contributed by atoms with Crippen LogP contribution in [0.2, 0.25) is 0 Å². The Kier molecular flexibility index (Phi) is 2.32. The zero-order valence-corrected chi connectivity index (χ0v) is 7.50. The molecule has 0 atom stereocenters. The van der Waals surface area contributed by atoms with Crippen molar-refractivity contribution in [1.29, 1.82) is 0 Å². The van der Waals surface area contributed by atoms with E-state index in [-0.39, 0.29) is 10.8 Å². The number of rotatable bonds is 0. The molecule has 0 heterocycles. The van der Waals surface area contributed by atoms with Gasteiger partial charge in [-0.15, -0.1) is 0 Å². The molecule has 2 radical (unpaired) electrons. The van der Waals surface area contributed by atoms with E-state index in [1.807, 2.05) is 0 Å². The fourth-order valence-electron chi connectivity index (χ4n) is 1.12. The quantitative estimate of drug-likeness (QED) is 0.467. The highest BCUT2D eigenvalue weighted by Crippen LogP contribution is 2.30. The van der Waals surface area contributed by atoms with Gasteiger partial charge >= 0.3 is 0 Å². The Morgan fingerprint density at radius 3 is 0.889 bits per heavy atom. The largest absolute Gasteiger partial charge is 0.0596 e. The van der Waals surface area contributed by atoms with Crippen LogP contribution >= 0.6 is 0 Å². The average Bonchev–Trinajstić information content (AvgIpc) is 1.14. The predicted molar refractivity (Wildman–Crippen MR) is 42.2 cm³/mol. The summed E-state index contributed by atoms with van der Waals surface area (Å²) in [7, 11) is 0. The van der Waals surface area contributed by atoms with Gasteiger partial charge in [-0.05, 0) is 17.3 Å². The molecule has 0 amide bonds. The second-order valence-electron chi connectivity index (χ2n) is 4.62. The van der Waals surface area contributed by atoms with Crippen LogP contribution in [-0.4, -0.2) is 0 Å². The van der Waals surface area contributed by atoms with Crippen LogP contribution in [0.4, 0.5) is 0 Å². The molecule has 0 saturated carbocycles. The van der Waals surface area contributed by atoms with Gasteiger partial charge in [0.25, 0.3) is 0 Å². The summed E-state index contributed by atoms with van der Waals surface area (Å²) in [5, 5.41) is 0. The van der Waals surface area contributed by atoms with Gasteiger partial charge in [0.1, 0.15) is 0 Å². The van der Waals surface area contributed by atoms with Crippen molar-refractivity contribution >= 4 is 0 Å². The molecule has 54 valence electrons. The minimum Gasteiger partial charge on any atom is -0.0596 e. The van der Waals surface area contributed by atoms with Crippen molar-refractivity contribution in [1.82, 2.24) is 0 Å². The van der Waals surface area contributed by atoms with Gasteiger partial charge in [-0.1, -0.05) is 41.5 Å². The summed E-state index contributed by atoms with van der Waals surface area (Å²) in [5.74, 6) is 0. The summed E-state index contributed by atoms with van der Waals surface area (Å²) in [6, 6.07) is 0. The minimum atomic E-state index is 0.234. The van der Waals surface area contributed by atoms with Crippen LogP contribution < -0.4 is 0 Å². The van der Waals surface area contributed by atoms with Crippen molar-refractivity contribution in [3.05, 3.63) is 6.42 Å². The van der Waals surface area contributed by atoms with Crippen LogP contribution in [0.1, 0.15) is 41.5 Å². The molecule has 0 aliphatic carbocycles. The Balaban J connectivity index is 3.75. The van der Waals surface area contributed by atoms with Crippen molar-refractivity contribution in [2.24, 2.45) is 10.8 Å². The van der Waals surface area contributed by atoms with Crippen molar-refractivity contribution in [3.63, 3.8) is 0 Å². The summed E-state index contributed by atoms with van der Waals surface area (Å²) in [6.07, 6.45) is 3.46. The standard InChI is InChI=1S/C9H18/c1-8(2,3)7-9(4,5)6/h1-6H3. The molecular formula is C9H18. The Bertz CT molecular complexity index is 65.2. The fourth-order valence-corrected chi connectivity index (χ4v) is 1.12. The molecule has 0 N–H and O–H groups in total. The molecule has 0 saturated heterocycles. The zero-order chi connectivity index (χ0) is 7.71. The van der Waals surface area contributed by atoms with E-state index in [0.29, 0.717) is 0 Å². The van der Waals surface area contributed by atoms with Crippen LogP contribution in [0.15, 0.2) is 0 Å². The van der Waals surface area contributed by atoms with Gasteiger partial charge in [-0.3, -0.25) is 0 Å². The lowest BCUT2D eigenvalue weighted by atomic mass is 9.78. The summed E-state index contributed by atoms with van der Waals surface area (Å²) in [5.41, 5.74) is 0.469. The lowest BCUT2D eigenvalue weighted by Crippen LogP contribution is -2.18. The molecule has 0 nitrogen and oxygen atoms in total. The summed E-state index contributed by atoms with van der Waals surface area (Å²) in [4.78, 5) is 0. The van der Waals surface area contributed by atoms with E-state index >= 15 is 0 Å². The molecule has 0 heteroatoms. The summed E-state index contributed by atoms with van der Waals surface area (Å²) in [6.45, 7) is 13.1. The smallest absolute Gasteiger partial charge is 0.00555 e. The van der Waals surface area contributed by atoms with Crippen LogP contribution in [0.5, 0.6) is 0 Å². The van der Waals surface area contributed by atoms with Gasteiger partial charge in [-0.25, -0.2) is 0 Å². The molecule has 0 spiro atoms. The molecule has 0 aliphatic heterocycles. The lowest BCUT2D eigenvalue weighted by Gasteiger charge is -2.27. The first-order chi connectivity index (χ1) is 3.71. The van der Waals surface area contributed by atoms with Gasteiger partial charge in [0.2, 0.25) is 0 Å². The molecule has 0 aromatic carbocycles. The highest BCUT2D eigenvalue weighted by Gasteiger charge is 2.21. The molecule has 0 aromatic rings. The van der Waals surface area contributed by atoms with Crippen molar-refractivity contribution in [3.8, 4) is 0 Å². The third kappa shape index (κ3) is 8.00. The Morgan fingerprint density at radius 2 is 0.889 bits per heavy atom. The van der Waals surface area contributed by atoms with Crippen molar-refractivity contribution < 1.29 is 0 Å². The van der Waals surface area contributed by atoms with E-state index in [1.165, 1.54) is 0 Å². The van der Waals surface area contributed by atoms with E-state index in [9.17, 15) is 0 Å². The normalized spacial score (nSPS) is 14.0. The molecule has 0 bridgehead atoms. The highest BCUT2D eigenvalue weighted by atomic mass is 14.3. The van der Waals surface area contributed by atoms with Gasteiger partial charge in [-0.2, -0.15) is 0 Å². The van der Waals surface area contributed by atoms with Gasteiger partial charge < -0.3 is 0 Å². The zero-order valence-electron chi connectivity index (χ0n) is 7.50. The van der Waals surface area contributed by atoms with E-state index in [0.717, 1.165) is 0 Å². The van der Waals surface area contributed by atoms with Crippen molar-refractivity contribution in [2.75, 3.05) is 0 Å². The SMILES string of the molecule is CC(C)(C)[C]C(C)(C)C. The van der Waals surface area contributed by atoms with Crippen LogP contribution in [0.3, 0.4) is 0 Å². The monoisotopic (exact) mass is 126 g/mol. The molecule has 0 aliphatic rings. The lowest BCUT2D eigenvalue weighted by molar-refractivity contribution is 0.351. The van der Waals surface area contributed by atoms with E-state index < -0.39 is 0 Å². The number of hydrogen-bond donors (Lipinski definition) is 0. The first-order valence-electron chi connectivity index (χ1n) is 3.50. The first-order valence-corrected chi connectivity index (χ1v) is 3.50. The second kappa shape index (κ2) is 2.32. The first kappa shape index (κ1) is 9.00. The molecular weight excluding hydrogens is 108 g/mol. The fraction of sp³-hybridized carbons (Fsp3) is 0.889. The maximum Gasteiger partial charge on any atom is -0.00555 e. The molecule has 9 heavy (non-hydrogen) atoms. The van der Waals surface area contributed by atoms with Crippen molar-refractivity contribution in [2.45, 2.75) is 41.5 Å². The third-order valence-electron chi connectivity index (χ3n) is 0.750. The van der Waals surface area contributed by atoms with Crippen LogP contribution in [0, 0.1) is 17.3 Å². The maximum atomic E-state index is 3.46. The third-order valence-corrected chi connectivity index (χ3v) is 0.750. The molecule has 0 aromatic heterocycles. The molecule has 0 rings (SSSR count). The van der Waals surface area contributed by atoms with E-state index in [4.69, 9.17) is 0 Å².